The van der Waals surface area contributed by atoms with E-state index < -0.39 is 0 Å². The fraction of sp³-hybridized carbons (Fsp3) is 0. The summed E-state index contributed by atoms with van der Waals surface area (Å²) < 4.78 is 1.25. The van der Waals surface area contributed by atoms with Crippen molar-refractivity contribution in [3.63, 3.8) is 0 Å². The summed E-state index contributed by atoms with van der Waals surface area (Å²) in [6.07, 6.45) is 4.94. The highest BCUT2D eigenvalue weighted by Crippen LogP contribution is 2.21. The molecule has 4 rings (SSSR count). The predicted molar refractivity (Wildman–Crippen MR) is 101 cm³/mol. The Kier molecular flexibility index (Phi) is 4.25. The van der Waals surface area contributed by atoms with Crippen LogP contribution in [0.1, 0.15) is 5.56 Å². The first-order chi connectivity index (χ1) is 13.3. The molecular formula is C21H13N5O. The zero-order valence-corrected chi connectivity index (χ0v) is 14.1. The molecule has 0 aliphatic heterocycles. The second-order valence-electron chi connectivity index (χ2n) is 5.75. The first kappa shape index (κ1) is 16.4. The molecule has 0 radical (unpaired) electrons. The Hall–Kier alpha value is -4.11. The molecule has 0 atom stereocenters. The summed E-state index contributed by atoms with van der Waals surface area (Å²) in [6.45, 7) is 0. The van der Waals surface area contributed by atoms with E-state index in [9.17, 15) is 10.1 Å². The number of benzene rings is 1. The van der Waals surface area contributed by atoms with Gasteiger partial charge in [-0.3, -0.25) is 14.8 Å². The number of hydrogen-bond acceptors (Lipinski definition) is 5. The van der Waals surface area contributed by atoms with E-state index in [-0.39, 0.29) is 5.56 Å². The number of rotatable bonds is 3. The Balaban J connectivity index is 2.04. The van der Waals surface area contributed by atoms with Crippen LogP contribution >= 0.6 is 0 Å². The maximum absolute atomic E-state index is 13.2. The predicted octanol–water partition coefficient (Wildman–Crippen LogP) is 3.23. The van der Waals surface area contributed by atoms with Crippen LogP contribution in [-0.2, 0) is 0 Å². The number of nitrogens with zero attached hydrogens (tertiary/aromatic N) is 5. The van der Waals surface area contributed by atoms with Crippen LogP contribution < -0.4 is 5.56 Å². The molecule has 3 aromatic heterocycles. The van der Waals surface area contributed by atoms with Crippen LogP contribution in [0.5, 0.6) is 0 Å². The topological polar surface area (TPSA) is 84.5 Å². The molecule has 0 bridgehead atoms. The van der Waals surface area contributed by atoms with E-state index in [4.69, 9.17) is 0 Å². The van der Waals surface area contributed by atoms with Crippen LogP contribution in [0.25, 0.3) is 28.2 Å². The highest BCUT2D eigenvalue weighted by molar-refractivity contribution is 5.68. The van der Waals surface area contributed by atoms with Crippen molar-refractivity contribution in [3.05, 3.63) is 95.2 Å². The van der Waals surface area contributed by atoms with E-state index in [1.165, 1.54) is 4.68 Å². The third kappa shape index (κ3) is 3.10. The minimum atomic E-state index is -0.328. The Bertz CT molecular complexity index is 1190. The van der Waals surface area contributed by atoms with Gasteiger partial charge >= 0.3 is 0 Å². The molecule has 1 aromatic carbocycles. The van der Waals surface area contributed by atoms with Gasteiger partial charge in [-0.05, 0) is 36.4 Å². The lowest BCUT2D eigenvalue weighted by molar-refractivity contribution is 0.810. The summed E-state index contributed by atoms with van der Waals surface area (Å²) in [5.74, 6) is 0. The van der Waals surface area contributed by atoms with Crippen LogP contribution in [-0.4, -0.2) is 19.7 Å². The zero-order chi connectivity index (χ0) is 18.6. The first-order valence-corrected chi connectivity index (χ1v) is 8.23. The van der Waals surface area contributed by atoms with Crippen molar-refractivity contribution < 1.29 is 0 Å². The van der Waals surface area contributed by atoms with Gasteiger partial charge in [-0.2, -0.15) is 15.0 Å². The minimum absolute atomic E-state index is 0.328. The number of pyridine rings is 2. The average molecular weight is 351 g/mol. The van der Waals surface area contributed by atoms with Gasteiger partial charge in [-0.15, -0.1) is 0 Å². The number of hydrogen-bond donors (Lipinski definition) is 0. The highest BCUT2D eigenvalue weighted by Gasteiger charge is 2.15. The van der Waals surface area contributed by atoms with Crippen LogP contribution in [0.15, 0.2) is 84.0 Å². The third-order valence-corrected chi connectivity index (χ3v) is 4.06. The van der Waals surface area contributed by atoms with E-state index in [1.807, 2.05) is 24.3 Å². The molecule has 0 aliphatic carbocycles. The molecule has 6 heteroatoms. The molecule has 27 heavy (non-hydrogen) atoms. The molecule has 0 N–H and O–H groups in total. The average Bonchev–Trinajstić information content (AvgIpc) is 2.75. The van der Waals surface area contributed by atoms with E-state index in [0.717, 1.165) is 0 Å². The fourth-order valence-corrected chi connectivity index (χ4v) is 2.78. The van der Waals surface area contributed by atoms with Gasteiger partial charge < -0.3 is 0 Å². The molecule has 0 amide bonds. The second kappa shape index (κ2) is 7.02. The Morgan fingerprint density at radius 2 is 1.78 bits per heavy atom. The largest absolute Gasteiger partial charge is 0.279 e. The van der Waals surface area contributed by atoms with Gasteiger partial charge in [-0.1, -0.05) is 24.3 Å². The highest BCUT2D eigenvalue weighted by atomic mass is 16.1. The van der Waals surface area contributed by atoms with E-state index >= 15 is 0 Å². The molecule has 0 unspecified atom stereocenters. The maximum atomic E-state index is 13.2. The number of aromatic nitrogens is 4. The van der Waals surface area contributed by atoms with Crippen molar-refractivity contribution in [2.24, 2.45) is 0 Å². The summed E-state index contributed by atoms with van der Waals surface area (Å²) >= 11 is 0. The lowest BCUT2D eigenvalue weighted by Gasteiger charge is -2.11. The van der Waals surface area contributed by atoms with E-state index in [2.05, 4.69) is 21.1 Å². The van der Waals surface area contributed by atoms with Crippen LogP contribution in [0.4, 0.5) is 0 Å². The summed E-state index contributed by atoms with van der Waals surface area (Å²) in [5.41, 5.74) is 2.73. The lowest BCUT2D eigenvalue weighted by Crippen LogP contribution is -2.24. The van der Waals surface area contributed by atoms with Gasteiger partial charge in [0.25, 0.3) is 5.56 Å². The molecule has 0 saturated carbocycles. The minimum Gasteiger partial charge on any atom is -0.267 e. The van der Waals surface area contributed by atoms with Gasteiger partial charge in [0.2, 0.25) is 0 Å². The summed E-state index contributed by atoms with van der Waals surface area (Å²) in [6, 6.07) is 19.7. The van der Waals surface area contributed by atoms with Crippen LogP contribution in [0, 0.1) is 11.3 Å². The second-order valence-corrected chi connectivity index (χ2v) is 5.75. The fourth-order valence-electron chi connectivity index (χ4n) is 2.78. The van der Waals surface area contributed by atoms with E-state index in [0.29, 0.717) is 33.8 Å². The van der Waals surface area contributed by atoms with Gasteiger partial charge in [0.05, 0.1) is 22.5 Å². The standard InChI is InChI=1S/C21H13N5O/c22-13-15-6-1-2-9-20(15)26-21(27)17(16-7-5-10-23-14-16)12-19(25-26)18-8-3-4-11-24-18/h1-12,14H. The van der Waals surface area contributed by atoms with E-state index in [1.54, 1.807) is 55.0 Å². The third-order valence-electron chi connectivity index (χ3n) is 4.06. The molecule has 6 nitrogen and oxygen atoms in total. The van der Waals surface area contributed by atoms with Gasteiger partial charge in [0, 0.05) is 24.2 Å². The van der Waals surface area contributed by atoms with Crippen molar-refractivity contribution in [2.45, 2.75) is 0 Å². The Morgan fingerprint density at radius 1 is 0.926 bits per heavy atom. The normalized spacial score (nSPS) is 10.3. The zero-order valence-electron chi connectivity index (χ0n) is 14.1. The smallest absolute Gasteiger partial charge is 0.267 e. The number of para-hydroxylation sites is 1. The Labute approximate surface area is 155 Å². The van der Waals surface area contributed by atoms with Gasteiger partial charge in [0.1, 0.15) is 11.8 Å². The summed E-state index contributed by atoms with van der Waals surface area (Å²) in [4.78, 5) is 21.6. The molecule has 0 spiro atoms. The summed E-state index contributed by atoms with van der Waals surface area (Å²) in [5, 5.41) is 13.9. The van der Waals surface area contributed by atoms with Crippen molar-refractivity contribution in [3.8, 4) is 34.3 Å². The Morgan fingerprint density at radius 3 is 2.52 bits per heavy atom. The van der Waals surface area contributed by atoms with Crippen LogP contribution in [0.3, 0.4) is 0 Å². The molecule has 4 aromatic rings. The van der Waals surface area contributed by atoms with Crippen molar-refractivity contribution >= 4 is 0 Å². The molecule has 0 saturated heterocycles. The van der Waals surface area contributed by atoms with Crippen molar-refractivity contribution in [1.29, 1.82) is 5.26 Å². The maximum Gasteiger partial charge on any atom is 0.279 e. The monoisotopic (exact) mass is 351 g/mol. The van der Waals surface area contributed by atoms with Gasteiger partial charge in [0.15, 0.2) is 0 Å². The first-order valence-electron chi connectivity index (χ1n) is 8.23. The van der Waals surface area contributed by atoms with Crippen molar-refractivity contribution in [1.82, 2.24) is 19.7 Å². The lowest BCUT2D eigenvalue weighted by atomic mass is 10.1. The van der Waals surface area contributed by atoms with Gasteiger partial charge in [-0.25, -0.2) is 0 Å². The summed E-state index contributed by atoms with van der Waals surface area (Å²) in [7, 11) is 0. The molecule has 0 fully saturated rings. The molecular weight excluding hydrogens is 338 g/mol. The van der Waals surface area contributed by atoms with Crippen molar-refractivity contribution in [2.75, 3.05) is 0 Å². The SMILES string of the molecule is N#Cc1ccccc1-n1nc(-c2ccccn2)cc(-c2cccnc2)c1=O. The van der Waals surface area contributed by atoms with Crippen LogP contribution in [0.2, 0.25) is 0 Å². The molecule has 3 heterocycles. The quantitative estimate of drug-likeness (QED) is 0.566. The molecule has 0 aliphatic rings. The number of nitriles is 1. The molecule has 128 valence electrons.